The lowest BCUT2D eigenvalue weighted by Crippen LogP contribution is -2.36. The molecular weight excluding hydrogens is 516 g/mol. The zero-order valence-electron chi connectivity index (χ0n) is 21.6. The Morgan fingerprint density at radius 1 is 0.949 bits per heavy atom. The second kappa shape index (κ2) is 9.94. The van der Waals surface area contributed by atoms with Gasteiger partial charge in [0.05, 0.1) is 40.5 Å². The second-order valence-electron chi connectivity index (χ2n) is 9.89. The van der Waals surface area contributed by atoms with Crippen molar-refractivity contribution in [3.63, 3.8) is 0 Å². The van der Waals surface area contributed by atoms with Gasteiger partial charge >= 0.3 is 5.97 Å². The predicted octanol–water partition coefficient (Wildman–Crippen LogP) is 0.736. The van der Waals surface area contributed by atoms with Crippen LogP contribution in [0, 0.1) is 11.8 Å². The topological polar surface area (TPSA) is 152 Å². The maximum absolute atomic E-state index is 13.1. The van der Waals surface area contributed by atoms with Crippen LogP contribution in [-0.4, -0.2) is 87.2 Å². The molecule has 3 heterocycles. The monoisotopic (exact) mass is 546 g/mol. The lowest BCUT2D eigenvalue weighted by Gasteiger charge is -2.35. The van der Waals surface area contributed by atoms with Crippen molar-refractivity contribution < 1.29 is 58.0 Å². The molecule has 6 rings (SSSR count). The zero-order chi connectivity index (χ0) is 27.4. The van der Waals surface area contributed by atoms with E-state index in [9.17, 15) is 20.1 Å². The summed E-state index contributed by atoms with van der Waals surface area (Å²) in [5, 5.41) is 30.4. The van der Waals surface area contributed by atoms with Gasteiger partial charge in [0, 0.05) is 17.4 Å². The molecule has 39 heavy (non-hydrogen) atoms. The van der Waals surface area contributed by atoms with Gasteiger partial charge < -0.3 is 53.2 Å². The predicted molar refractivity (Wildman–Crippen MR) is 131 cm³/mol. The van der Waals surface area contributed by atoms with Crippen LogP contribution in [0.5, 0.6) is 34.5 Å². The van der Waals surface area contributed by atoms with Gasteiger partial charge in [0.2, 0.25) is 24.6 Å². The van der Waals surface area contributed by atoms with Crippen molar-refractivity contribution in [1.82, 2.24) is 0 Å². The minimum atomic E-state index is -1.41. The molecule has 2 aromatic rings. The Balaban J connectivity index is 1.51. The number of aliphatic hydroxyl groups excluding tert-OH is 3. The highest BCUT2D eigenvalue weighted by molar-refractivity contribution is 5.79. The molecule has 12 nitrogen and oxygen atoms in total. The Bertz CT molecular complexity index is 1250. The van der Waals surface area contributed by atoms with Crippen molar-refractivity contribution >= 4 is 5.97 Å². The van der Waals surface area contributed by atoms with Gasteiger partial charge in [0.1, 0.15) is 18.3 Å². The molecule has 7 atom stereocenters. The molecule has 0 amide bonds. The van der Waals surface area contributed by atoms with Gasteiger partial charge in [0.15, 0.2) is 23.0 Å². The van der Waals surface area contributed by atoms with Crippen molar-refractivity contribution in [3.05, 3.63) is 34.9 Å². The number of fused-ring (bicyclic) bond motifs is 3. The van der Waals surface area contributed by atoms with Crippen LogP contribution in [-0.2, 0) is 20.7 Å². The van der Waals surface area contributed by atoms with Gasteiger partial charge in [-0.25, -0.2) is 0 Å². The maximum Gasteiger partial charge on any atom is 0.310 e. The summed E-state index contributed by atoms with van der Waals surface area (Å²) in [4.78, 5) is 13.1. The van der Waals surface area contributed by atoms with Crippen molar-refractivity contribution in [1.29, 1.82) is 0 Å². The highest BCUT2D eigenvalue weighted by Crippen LogP contribution is 2.56. The average molecular weight is 547 g/mol. The third-order valence-electron chi connectivity index (χ3n) is 7.92. The number of carbonyl (C=O) groups is 1. The molecule has 0 unspecified atom stereocenters. The third kappa shape index (κ3) is 4.01. The SMILES string of the molecule is COc1cc([C@@H]2c3cc4c(c(O[C@H]5O[C@@H](CO)[C@@H](O)[C@H]5O)c3C[C@@H]3COC(=O)[C@@H]32)OCO4)cc(OC)c1OC. The molecule has 3 aliphatic heterocycles. The Morgan fingerprint density at radius 3 is 2.33 bits per heavy atom. The number of ether oxygens (including phenoxy) is 8. The van der Waals surface area contributed by atoms with Gasteiger partial charge in [-0.3, -0.25) is 4.79 Å². The van der Waals surface area contributed by atoms with Crippen LogP contribution in [0.2, 0.25) is 0 Å². The summed E-state index contributed by atoms with van der Waals surface area (Å²) in [6, 6.07) is 5.44. The maximum atomic E-state index is 13.1. The van der Waals surface area contributed by atoms with E-state index >= 15 is 0 Å². The highest BCUT2D eigenvalue weighted by Gasteiger charge is 2.51. The lowest BCUT2D eigenvalue weighted by molar-refractivity contribution is -0.141. The molecule has 1 aliphatic carbocycles. The van der Waals surface area contributed by atoms with Crippen LogP contribution in [0.3, 0.4) is 0 Å². The average Bonchev–Trinajstić information content (AvgIpc) is 3.65. The molecule has 2 saturated heterocycles. The first kappa shape index (κ1) is 25.8. The Hall–Kier alpha value is -3.45. The molecular formula is C27H30O12. The van der Waals surface area contributed by atoms with Crippen LogP contribution in [0.25, 0.3) is 0 Å². The summed E-state index contributed by atoms with van der Waals surface area (Å²) in [6.07, 6.45) is -4.59. The first-order chi connectivity index (χ1) is 18.9. The molecule has 210 valence electrons. The fraction of sp³-hybridized carbons (Fsp3) is 0.519. The van der Waals surface area contributed by atoms with Gasteiger partial charge in [-0.1, -0.05) is 0 Å². The lowest BCUT2D eigenvalue weighted by atomic mass is 9.67. The van der Waals surface area contributed by atoms with Crippen LogP contribution >= 0.6 is 0 Å². The molecule has 0 bridgehead atoms. The minimum absolute atomic E-state index is 0.0473. The van der Waals surface area contributed by atoms with Crippen LogP contribution in [0.1, 0.15) is 22.6 Å². The Kier molecular flexibility index (Phi) is 6.58. The third-order valence-corrected chi connectivity index (χ3v) is 7.92. The Morgan fingerprint density at radius 2 is 1.69 bits per heavy atom. The standard InChI is InChI=1S/C27H30O12/c1-32-15-5-11(6-16(33-2)24(15)34-3)19-13-7-17-25(37-10-36-17)23(14(13)4-12-9-35-26(31)20(12)19)39-27-22(30)21(29)18(8-28)38-27/h5-7,12,18-22,27-30H,4,8-10H2,1-3H3/t12-,18+,19-,20+,21-,22-,27-/m1/s1. The van der Waals surface area contributed by atoms with E-state index in [4.69, 9.17) is 37.9 Å². The fourth-order valence-electron chi connectivity index (χ4n) is 6.06. The fourth-order valence-corrected chi connectivity index (χ4v) is 6.06. The number of hydrogen-bond donors (Lipinski definition) is 3. The van der Waals surface area contributed by atoms with E-state index in [-0.39, 0.29) is 31.0 Å². The number of methoxy groups -OCH3 is 3. The number of carbonyl (C=O) groups excluding carboxylic acids is 1. The van der Waals surface area contributed by atoms with Crippen LogP contribution in [0.15, 0.2) is 18.2 Å². The number of rotatable bonds is 7. The molecule has 0 spiro atoms. The quantitative estimate of drug-likeness (QED) is 0.420. The number of benzene rings is 2. The molecule has 0 radical (unpaired) electrons. The van der Waals surface area contributed by atoms with Crippen LogP contribution in [0.4, 0.5) is 0 Å². The minimum Gasteiger partial charge on any atom is -0.493 e. The van der Waals surface area contributed by atoms with Gasteiger partial charge in [0.25, 0.3) is 0 Å². The largest absolute Gasteiger partial charge is 0.493 e. The second-order valence-corrected chi connectivity index (χ2v) is 9.89. The number of cyclic esters (lactones) is 1. The summed E-state index contributed by atoms with van der Waals surface area (Å²) < 4.78 is 45.4. The van der Waals surface area contributed by atoms with Crippen molar-refractivity contribution in [3.8, 4) is 34.5 Å². The smallest absolute Gasteiger partial charge is 0.310 e. The van der Waals surface area contributed by atoms with Crippen molar-refractivity contribution in [2.75, 3.05) is 41.3 Å². The molecule has 12 heteroatoms. The summed E-state index contributed by atoms with van der Waals surface area (Å²) in [5.74, 6) is 0.823. The first-order valence-electron chi connectivity index (χ1n) is 12.6. The van der Waals surface area contributed by atoms with E-state index in [0.29, 0.717) is 35.2 Å². The van der Waals surface area contributed by atoms with E-state index in [2.05, 4.69) is 0 Å². The van der Waals surface area contributed by atoms with E-state index in [1.165, 1.54) is 21.3 Å². The van der Waals surface area contributed by atoms with Crippen molar-refractivity contribution in [2.45, 2.75) is 36.9 Å². The number of hydrogen-bond acceptors (Lipinski definition) is 12. The summed E-state index contributed by atoms with van der Waals surface area (Å²) >= 11 is 0. The van der Waals surface area contributed by atoms with Gasteiger partial charge in [-0.15, -0.1) is 0 Å². The Labute approximate surface area is 223 Å². The highest BCUT2D eigenvalue weighted by atomic mass is 16.7. The summed E-state index contributed by atoms with van der Waals surface area (Å²) in [5.41, 5.74) is 2.21. The molecule has 0 aromatic heterocycles. The normalized spacial score (nSPS) is 30.4. The zero-order valence-corrected chi connectivity index (χ0v) is 21.6. The van der Waals surface area contributed by atoms with Gasteiger partial charge in [-0.05, 0) is 35.7 Å². The summed E-state index contributed by atoms with van der Waals surface area (Å²) in [7, 11) is 4.56. The van der Waals surface area contributed by atoms with E-state index in [0.717, 1.165) is 16.7 Å². The first-order valence-corrected chi connectivity index (χ1v) is 12.6. The molecule has 2 fully saturated rings. The van der Waals surface area contributed by atoms with E-state index < -0.39 is 43.0 Å². The molecule has 0 saturated carbocycles. The number of esters is 1. The van der Waals surface area contributed by atoms with Crippen LogP contribution < -0.4 is 28.4 Å². The van der Waals surface area contributed by atoms with Crippen molar-refractivity contribution in [2.24, 2.45) is 11.8 Å². The summed E-state index contributed by atoms with van der Waals surface area (Å²) in [6.45, 7) is -0.310. The van der Waals surface area contributed by atoms with Gasteiger partial charge in [-0.2, -0.15) is 0 Å². The molecule has 4 aliphatic rings. The molecule has 3 N–H and O–H groups in total. The van der Waals surface area contributed by atoms with E-state index in [1.54, 1.807) is 12.1 Å². The van der Waals surface area contributed by atoms with E-state index in [1.807, 2.05) is 6.07 Å². The molecule has 2 aromatic carbocycles. The number of aliphatic hydroxyl groups is 3.